The number of amides is 3. The van der Waals surface area contributed by atoms with Gasteiger partial charge in [0.15, 0.2) is 11.9 Å². The van der Waals surface area contributed by atoms with Crippen molar-refractivity contribution in [3.05, 3.63) is 18.5 Å². The average molecular weight is 336 g/mol. The lowest BCUT2D eigenvalue weighted by Crippen LogP contribution is -2.50. The van der Waals surface area contributed by atoms with Gasteiger partial charge in [0.05, 0.1) is 11.9 Å². The van der Waals surface area contributed by atoms with Crippen LogP contribution >= 0.6 is 0 Å². The Bertz CT molecular complexity index is 656. The Morgan fingerprint density at radius 3 is 2.83 bits per heavy atom. The largest absolute Gasteiger partial charge is 0.477 e. The molecule has 9 heteroatoms. The van der Waals surface area contributed by atoms with E-state index in [1.165, 1.54) is 12.4 Å². The summed E-state index contributed by atoms with van der Waals surface area (Å²) in [5.41, 5.74) is 5.06. The van der Waals surface area contributed by atoms with Crippen LogP contribution in [0.25, 0.3) is 0 Å². The summed E-state index contributed by atoms with van der Waals surface area (Å²) in [6.07, 6.45) is 1.04. The number of hydrogen-bond acceptors (Lipinski definition) is 6. The van der Waals surface area contributed by atoms with Crippen LogP contribution < -0.4 is 21.1 Å². The summed E-state index contributed by atoms with van der Waals surface area (Å²) in [5, 5.41) is 5.00. The predicted molar refractivity (Wildman–Crippen MR) is 84.3 cm³/mol. The summed E-state index contributed by atoms with van der Waals surface area (Å²) in [6, 6.07) is 0.474. The fraction of sp³-hybridized carbons (Fsp3) is 0.467. The third-order valence-electron chi connectivity index (χ3n) is 3.09. The van der Waals surface area contributed by atoms with Crippen LogP contribution in [-0.2, 0) is 14.3 Å². The Morgan fingerprint density at radius 2 is 2.21 bits per heavy atom. The lowest BCUT2D eigenvalue weighted by Gasteiger charge is -2.28. The van der Waals surface area contributed by atoms with Gasteiger partial charge in [-0.3, -0.25) is 14.6 Å². The number of alkyl carbamates (subject to hydrolysis) is 1. The summed E-state index contributed by atoms with van der Waals surface area (Å²) in [6.45, 7) is 5.06. The van der Waals surface area contributed by atoms with Crippen molar-refractivity contribution < 1.29 is 23.9 Å². The summed E-state index contributed by atoms with van der Waals surface area (Å²) in [4.78, 5) is 39.4. The minimum absolute atomic E-state index is 0.130. The van der Waals surface area contributed by atoms with Gasteiger partial charge in [0.1, 0.15) is 11.6 Å². The fourth-order valence-corrected chi connectivity index (χ4v) is 2.06. The van der Waals surface area contributed by atoms with Gasteiger partial charge in [0.2, 0.25) is 5.91 Å². The summed E-state index contributed by atoms with van der Waals surface area (Å²) in [5.74, 6) is -0.859. The van der Waals surface area contributed by atoms with E-state index in [2.05, 4.69) is 15.6 Å². The highest BCUT2D eigenvalue weighted by molar-refractivity contribution is 5.98. The zero-order valence-corrected chi connectivity index (χ0v) is 13.7. The lowest BCUT2D eigenvalue weighted by molar-refractivity contribution is -0.125. The van der Waals surface area contributed by atoms with E-state index < -0.39 is 35.7 Å². The number of carbonyl (C=O) groups is 3. The normalized spacial score (nSPS) is 17.8. The highest BCUT2D eigenvalue weighted by Gasteiger charge is 2.33. The third kappa shape index (κ3) is 4.58. The molecule has 1 aromatic heterocycles. The number of primary amides is 1. The van der Waals surface area contributed by atoms with Crippen molar-refractivity contribution in [1.82, 2.24) is 10.3 Å². The molecule has 0 unspecified atom stereocenters. The molecule has 0 saturated carbocycles. The van der Waals surface area contributed by atoms with Crippen LogP contribution in [0.4, 0.5) is 10.5 Å². The van der Waals surface area contributed by atoms with Crippen LogP contribution in [0.5, 0.6) is 5.75 Å². The Hall–Kier alpha value is -2.84. The van der Waals surface area contributed by atoms with Gasteiger partial charge < -0.3 is 25.8 Å². The van der Waals surface area contributed by atoms with Gasteiger partial charge in [0.25, 0.3) is 5.91 Å². The first-order chi connectivity index (χ1) is 11.2. The van der Waals surface area contributed by atoms with Gasteiger partial charge in [0, 0.05) is 12.6 Å². The predicted octanol–water partition coefficient (Wildman–Crippen LogP) is 0.550. The molecule has 0 aliphatic carbocycles. The molecule has 3 amide bonds. The number of nitrogens with two attached hydrogens (primary N) is 1. The van der Waals surface area contributed by atoms with Gasteiger partial charge in [-0.2, -0.15) is 0 Å². The van der Waals surface area contributed by atoms with Gasteiger partial charge in [-0.1, -0.05) is 0 Å². The highest BCUT2D eigenvalue weighted by Crippen LogP contribution is 2.29. The SMILES string of the molecule is CC(C)(C)OC(=O)N[C@@H](C[C@@H]1Oc2cnccc2NC1=O)C(N)=O. The highest BCUT2D eigenvalue weighted by atomic mass is 16.6. The molecule has 130 valence electrons. The topological polar surface area (TPSA) is 133 Å². The number of carbonyl (C=O) groups excluding carboxylic acids is 3. The molecule has 0 aromatic carbocycles. The first-order valence-corrected chi connectivity index (χ1v) is 7.36. The van der Waals surface area contributed by atoms with Gasteiger partial charge in [-0.25, -0.2) is 4.79 Å². The maximum atomic E-state index is 12.1. The molecule has 2 heterocycles. The molecule has 4 N–H and O–H groups in total. The number of hydrogen-bond donors (Lipinski definition) is 3. The van der Waals surface area contributed by atoms with E-state index in [1.807, 2.05) is 0 Å². The number of anilines is 1. The fourth-order valence-electron chi connectivity index (χ4n) is 2.06. The zero-order chi connectivity index (χ0) is 17.9. The maximum Gasteiger partial charge on any atom is 0.408 e. The Kier molecular flexibility index (Phi) is 4.91. The molecule has 1 aliphatic rings. The third-order valence-corrected chi connectivity index (χ3v) is 3.09. The lowest BCUT2D eigenvalue weighted by atomic mass is 10.1. The van der Waals surface area contributed by atoms with Crippen molar-refractivity contribution in [2.75, 3.05) is 5.32 Å². The minimum Gasteiger partial charge on any atom is -0.477 e. The molecule has 2 rings (SSSR count). The van der Waals surface area contributed by atoms with Crippen LogP contribution in [0.3, 0.4) is 0 Å². The van der Waals surface area contributed by atoms with E-state index in [0.717, 1.165) is 0 Å². The van der Waals surface area contributed by atoms with Crippen molar-refractivity contribution in [2.45, 2.75) is 44.9 Å². The Balaban J connectivity index is 2.04. The number of rotatable bonds is 4. The second kappa shape index (κ2) is 6.73. The van der Waals surface area contributed by atoms with E-state index in [1.54, 1.807) is 26.8 Å². The van der Waals surface area contributed by atoms with Crippen molar-refractivity contribution in [3.63, 3.8) is 0 Å². The van der Waals surface area contributed by atoms with E-state index in [4.69, 9.17) is 15.2 Å². The van der Waals surface area contributed by atoms with E-state index in [9.17, 15) is 14.4 Å². The molecule has 9 nitrogen and oxygen atoms in total. The number of fused-ring (bicyclic) bond motifs is 1. The van der Waals surface area contributed by atoms with Crippen molar-refractivity contribution in [3.8, 4) is 5.75 Å². The standard InChI is InChI=1S/C15H20N4O5/c1-15(2,3)24-14(22)19-9(12(16)20)6-10-13(21)18-8-4-5-17-7-11(8)23-10/h4-5,7,9-10H,6H2,1-3H3,(H2,16,20)(H,18,21)(H,19,22)/t9-,10-/m0/s1. The molecular weight excluding hydrogens is 316 g/mol. The quantitative estimate of drug-likeness (QED) is 0.735. The first-order valence-electron chi connectivity index (χ1n) is 7.36. The Labute approximate surface area is 138 Å². The molecule has 0 spiro atoms. The average Bonchev–Trinajstić information content (AvgIpc) is 2.45. The molecular formula is C15H20N4O5. The summed E-state index contributed by atoms with van der Waals surface area (Å²) in [7, 11) is 0. The smallest absolute Gasteiger partial charge is 0.408 e. The molecule has 0 radical (unpaired) electrons. The van der Waals surface area contributed by atoms with Gasteiger partial charge >= 0.3 is 6.09 Å². The molecule has 24 heavy (non-hydrogen) atoms. The van der Waals surface area contributed by atoms with Crippen LogP contribution in [0.15, 0.2) is 18.5 Å². The summed E-state index contributed by atoms with van der Waals surface area (Å²) >= 11 is 0. The van der Waals surface area contributed by atoms with Crippen molar-refractivity contribution in [2.24, 2.45) is 5.73 Å². The van der Waals surface area contributed by atoms with Crippen LogP contribution in [0, 0.1) is 0 Å². The van der Waals surface area contributed by atoms with Gasteiger partial charge in [-0.05, 0) is 26.8 Å². The monoisotopic (exact) mass is 336 g/mol. The Morgan fingerprint density at radius 1 is 1.50 bits per heavy atom. The van der Waals surface area contributed by atoms with Crippen LogP contribution in [0.2, 0.25) is 0 Å². The molecule has 0 bridgehead atoms. The molecule has 1 aliphatic heterocycles. The minimum atomic E-state index is -1.12. The van der Waals surface area contributed by atoms with Crippen LogP contribution in [-0.4, -0.2) is 40.6 Å². The molecule has 2 atom stereocenters. The zero-order valence-electron chi connectivity index (χ0n) is 13.7. The number of ether oxygens (including phenoxy) is 2. The molecule has 1 aromatic rings. The molecule has 0 fully saturated rings. The number of nitrogens with zero attached hydrogens (tertiary/aromatic N) is 1. The van der Waals surface area contributed by atoms with E-state index in [-0.39, 0.29) is 6.42 Å². The van der Waals surface area contributed by atoms with E-state index in [0.29, 0.717) is 11.4 Å². The number of nitrogens with one attached hydrogen (secondary N) is 2. The number of pyridine rings is 1. The van der Waals surface area contributed by atoms with Crippen LogP contribution in [0.1, 0.15) is 27.2 Å². The van der Waals surface area contributed by atoms with E-state index >= 15 is 0 Å². The summed E-state index contributed by atoms with van der Waals surface area (Å²) < 4.78 is 10.6. The molecule has 0 saturated heterocycles. The number of aromatic nitrogens is 1. The second-order valence-corrected chi connectivity index (χ2v) is 6.30. The van der Waals surface area contributed by atoms with Crippen molar-refractivity contribution in [1.29, 1.82) is 0 Å². The van der Waals surface area contributed by atoms with Gasteiger partial charge in [-0.15, -0.1) is 0 Å². The van der Waals surface area contributed by atoms with Crippen molar-refractivity contribution >= 4 is 23.6 Å². The maximum absolute atomic E-state index is 12.1. The first kappa shape index (κ1) is 17.5. The second-order valence-electron chi connectivity index (χ2n) is 6.30.